The molecule has 0 saturated carbocycles. The summed E-state index contributed by atoms with van der Waals surface area (Å²) in [5.74, 6) is 0. The van der Waals surface area contributed by atoms with E-state index in [1.165, 1.54) is 0 Å². The van der Waals surface area contributed by atoms with E-state index in [0.717, 1.165) is 27.1 Å². The van der Waals surface area contributed by atoms with Gasteiger partial charge in [-0.3, -0.25) is 4.40 Å². The van der Waals surface area contributed by atoms with Crippen LogP contribution >= 0.6 is 22.7 Å². The zero-order valence-corrected chi connectivity index (χ0v) is 10.3. The van der Waals surface area contributed by atoms with Crippen molar-refractivity contribution >= 4 is 27.6 Å². The number of aromatic nitrogens is 3. The number of rotatable bonds is 2. The molecule has 82 valence electrons. The highest BCUT2D eigenvalue weighted by atomic mass is 32.1. The number of thiazole rings is 2. The van der Waals surface area contributed by atoms with Gasteiger partial charge in [0.05, 0.1) is 11.4 Å². The van der Waals surface area contributed by atoms with Crippen LogP contribution in [-0.2, 0) is 6.54 Å². The smallest absolute Gasteiger partial charge is 0.194 e. The van der Waals surface area contributed by atoms with E-state index >= 15 is 0 Å². The maximum absolute atomic E-state index is 5.55. The molecule has 0 aliphatic heterocycles. The van der Waals surface area contributed by atoms with Crippen LogP contribution in [0.2, 0.25) is 0 Å². The molecule has 0 bridgehead atoms. The molecule has 0 aliphatic rings. The average Bonchev–Trinajstić information content (AvgIpc) is 2.96. The third-order valence-electron chi connectivity index (χ3n) is 2.46. The quantitative estimate of drug-likeness (QED) is 0.759. The number of hydrogen-bond acceptors (Lipinski definition) is 5. The second-order valence-corrected chi connectivity index (χ2v) is 5.18. The van der Waals surface area contributed by atoms with Crippen molar-refractivity contribution in [2.45, 2.75) is 13.5 Å². The van der Waals surface area contributed by atoms with Crippen LogP contribution < -0.4 is 5.73 Å². The van der Waals surface area contributed by atoms with Gasteiger partial charge in [-0.1, -0.05) is 0 Å². The first kappa shape index (κ1) is 9.95. The van der Waals surface area contributed by atoms with E-state index in [0.29, 0.717) is 6.54 Å². The van der Waals surface area contributed by atoms with Gasteiger partial charge < -0.3 is 5.73 Å². The van der Waals surface area contributed by atoms with Crippen molar-refractivity contribution < 1.29 is 0 Å². The number of nitrogens with zero attached hydrogens (tertiary/aromatic N) is 3. The van der Waals surface area contributed by atoms with E-state index in [1.54, 1.807) is 22.7 Å². The van der Waals surface area contributed by atoms with Gasteiger partial charge in [0.2, 0.25) is 0 Å². The minimum atomic E-state index is 0.484. The molecular formula is C10H10N4S2. The molecule has 3 heterocycles. The summed E-state index contributed by atoms with van der Waals surface area (Å²) in [7, 11) is 0. The Labute approximate surface area is 100 Å². The van der Waals surface area contributed by atoms with Gasteiger partial charge in [-0.15, -0.1) is 22.7 Å². The SMILES string of the molecule is Cc1c(-c2nc(CN)cs2)nc2sccn12. The molecule has 0 aromatic carbocycles. The second kappa shape index (κ2) is 3.65. The van der Waals surface area contributed by atoms with Gasteiger partial charge in [0, 0.05) is 23.5 Å². The summed E-state index contributed by atoms with van der Waals surface area (Å²) in [5, 5.41) is 4.97. The highest BCUT2D eigenvalue weighted by Crippen LogP contribution is 2.28. The van der Waals surface area contributed by atoms with E-state index in [-0.39, 0.29) is 0 Å². The van der Waals surface area contributed by atoms with Crippen LogP contribution in [0.15, 0.2) is 17.0 Å². The minimum Gasteiger partial charge on any atom is -0.325 e. The average molecular weight is 250 g/mol. The predicted octanol–water partition coefficient (Wildman–Crippen LogP) is 2.29. The van der Waals surface area contributed by atoms with E-state index in [9.17, 15) is 0 Å². The number of aryl methyl sites for hydroxylation is 1. The summed E-state index contributed by atoms with van der Waals surface area (Å²) in [6.07, 6.45) is 2.03. The van der Waals surface area contributed by atoms with Gasteiger partial charge in [0.1, 0.15) is 10.7 Å². The lowest BCUT2D eigenvalue weighted by Crippen LogP contribution is -1.95. The second-order valence-electron chi connectivity index (χ2n) is 3.45. The number of imidazole rings is 1. The van der Waals surface area contributed by atoms with Gasteiger partial charge in [-0.2, -0.15) is 0 Å². The maximum atomic E-state index is 5.55. The van der Waals surface area contributed by atoms with E-state index < -0.39 is 0 Å². The Hall–Kier alpha value is -1.24. The van der Waals surface area contributed by atoms with Gasteiger partial charge in [-0.05, 0) is 6.92 Å². The Bertz CT molecular complexity index is 634. The number of nitrogens with two attached hydrogens (primary N) is 1. The Kier molecular flexibility index (Phi) is 2.27. The Morgan fingerprint density at radius 1 is 1.38 bits per heavy atom. The van der Waals surface area contributed by atoms with Gasteiger partial charge >= 0.3 is 0 Å². The minimum absolute atomic E-state index is 0.484. The molecule has 0 spiro atoms. The third kappa shape index (κ3) is 1.38. The molecule has 0 saturated heterocycles. The fourth-order valence-corrected chi connectivity index (χ4v) is 3.24. The van der Waals surface area contributed by atoms with Crippen LogP contribution in [0.25, 0.3) is 15.7 Å². The van der Waals surface area contributed by atoms with Crippen molar-refractivity contribution in [3.05, 3.63) is 28.3 Å². The lowest BCUT2D eigenvalue weighted by atomic mass is 10.3. The highest BCUT2D eigenvalue weighted by molar-refractivity contribution is 7.15. The lowest BCUT2D eigenvalue weighted by Gasteiger charge is -1.92. The molecule has 6 heteroatoms. The van der Waals surface area contributed by atoms with Crippen LogP contribution in [0.4, 0.5) is 0 Å². The summed E-state index contributed by atoms with van der Waals surface area (Å²) < 4.78 is 2.09. The van der Waals surface area contributed by atoms with Crippen LogP contribution in [0.3, 0.4) is 0 Å². The van der Waals surface area contributed by atoms with Crippen LogP contribution in [0.5, 0.6) is 0 Å². The van der Waals surface area contributed by atoms with Crippen molar-refractivity contribution in [2.24, 2.45) is 5.73 Å². The highest BCUT2D eigenvalue weighted by Gasteiger charge is 2.13. The van der Waals surface area contributed by atoms with E-state index in [1.807, 2.05) is 17.0 Å². The monoisotopic (exact) mass is 250 g/mol. The molecule has 0 atom stereocenters. The zero-order chi connectivity index (χ0) is 11.1. The van der Waals surface area contributed by atoms with Gasteiger partial charge in [-0.25, -0.2) is 9.97 Å². The Balaban J connectivity index is 2.17. The molecule has 3 aromatic heterocycles. The van der Waals surface area contributed by atoms with E-state index in [2.05, 4.69) is 21.3 Å². The fraction of sp³-hybridized carbons (Fsp3) is 0.200. The Morgan fingerprint density at radius 2 is 2.25 bits per heavy atom. The largest absolute Gasteiger partial charge is 0.325 e. The normalized spacial score (nSPS) is 11.4. The molecule has 0 radical (unpaired) electrons. The van der Waals surface area contributed by atoms with Crippen molar-refractivity contribution in [3.63, 3.8) is 0 Å². The van der Waals surface area contributed by atoms with Crippen molar-refractivity contribution in [1.82, 2.24) is 14.4 Å². The van der Waals surface area contributed by atoms with Crippen molar-refractivity contribution in [3.8, 4) is 10.7 Å². The van der Waals surface area contributed by atoms with Gasteiger partial charge in [0.25, 0.3) is 0 Å². The lowest BCUT2D eigenvalue weighted by molar-refractivity contribution is 1.01. The van der Waals surface area contributed by atoms with Crippen molar-refractivity contribution in [2.75, 3.05) is 0 Å². The summed E-state index contributed by atoms with van der Waals surface area (Å²) >= 11 is 3.23. The molecule has 0 aliphatic carbocycles. The third-order valence-corrected chi connectivity index (χ3v) is 4.12. The summed E-state index contributed by atoms with van der Waals surface area (Å²) in [4.78, 5) is 10.0. The number of fused-ring (bicyclic) bond motifs is 1. The van der Waals surface area contributed by atoms with Gasteiger partial charge in [0.15, 0.2) is 4.96 Å². The molecule has 0 fully saturated rings. The fourth-order valence-electron chi connectivity index (χ4n) is 1.61. The number of hydrogen-bond donors (Lipinski definition) is 1. The zero-order valence-electron chi connectivity index (χ0n) is 8.67. The first-order chi connectivity index (χ1) is 7.79. The first-order valence-corrected chi connectivity index (χ1v) is 6.62. The molecule has 3 aromatic rings. The van der Waals surface area contributed by atoms with E-state index in [4.69, 9.17) is 5.73 Å². The summed E-state index contributed by atoms with van der Waals surface area (Å²) in [6, 6.07) is 0. The van der Waals surface area contributed by atoms with Crippen LogP contribution in [-0.4, -0.2) is 14.4 Å². The standard InChI is InChI=1S/C10H10N4S2/c1-6-8(9-12-7(4-11)5-16-9)13-10-14(6)2-3-15-10/h2-3,5H,4,11H2,1H3. The summed E-state index contributed by atoms with van der Waals surface area (Å²) in [5.41, 5.74) is 8.58. The molecule has 16 heavy (non-hydrogen) atoms. The van der Waals surface area contributed by atoms with Crippen LogP contribution in [0.1, 0.15) is 11.4 Å². The van der Waals surface area contributed by atoms with Crippen molar-refractivity contribution in [1.29, 1.82) is 0 Å². The molecular weight excluding hydrogens is 240 g/mol. The van der Waals surface area contributed by atoms with Crippen LogP contribution in [0, 0.1) is 6.92 Å². The topological polar surface area (TPSA) is 56.2 Å². The molecule has 0 amide bonds. The summed E-state index contributed by atoms with van der Waals surface area (Å²) in [6.45, 7) is 2.54. The molecule has 3 rings (SSSR count). The molecule has 4 nitrogen and oxygen atoms in total. The Morgan fingerprint density at radius 3 is 2.94 bits per heavy atom. The molecule has 2 N–H and O–H groups in total. The maximum Gasteiger partial charge on any atom is 0.194 e. The predicted molar refractivity (Wildman–Crippen MR) is 66.8 cm³/mol. The molecule has 0 unspecified atom stereocenters. The first-order valence-electron chi connectivity index (χ1n) is 4.86.